The molecule has 1 saturated heterocycles. The highest BCUT2D eigenvalue weighted by atomic mass is 35.5. The molecule has 0 radical (unpaired) electrons. The van der Waals surface area contributed by atoms with Crippen LogP contribution in [0.5, 0.6) is 5.75 Å². The van der Waals surface area contributed by atoms with E-state index in [1.54, 1.807) is 36.4 Å². The van der Waals surface area contributed by atoms with Crippen LogP contribution in [-0.2, 0) is 9.59 Å². The van der Waals surface area contributed by atoms with Crippen molar-refractivity contribution in [3.63, 3.8) is 0 Å². The van der Waals surface area contributed by atoms with Crippen molar-refractivity contribution < 1.29 is 19.4 Å². The number of benzene rings is 2. The Labute approximate surface area is 223 Å². The molecule has 1 fully saturated rings. The third kappa shape index (κ3) is 4.95. The summed E-state index contributed by atoms with van der Waals surface area (Å²) < 4.78 is 6.73. The number of halogens is 1. The van der Waals surface area contributed by atoms with Gasteiger partial charge in [-0.2, -0.15) is 0 Å². The maximum atomic E-state index is 13.4. The second-order valence-electron chi connectivity index (χ2n) is 9.12. The van der Waals surface area contributed by atoms with Gasteiger partial charge in [0.2, 0.25) is 0 Å². The van der Waals surface area contributed by atoms with Crippen molar-refractivity contribution in [3.05, 3.63) is 88.7 Å². The first-order valence-electron chi connectivity index (χ1n) is 11.8. The lowest BCUT2D eigenvalue weighted by Gasteiger charge is -2.23. The average molecular weight is 534 g/mol. The lowest BCUT2D eigenvalue weighted by Crippen LogP contribution is -2.29. The Morgan fingerprint density at radius 1 is 1.14 bits per heavy atom. The lowest BCUT2D eigenvalue weighted by molar-refractivity contribution is -0.132. The van der Waals surface area contributed by atoms with Crippen LogP contribution in [0, 0.1) is 5.92 Å². The first-order valence-corrected chi connectivity index (χ1v) is 13.0. The lowest BCUT2D eigenvalue weighted by atomic mass is 9.95. The van der Waals surface area contributed by atoms with E-state index in [2.05, 4.69) is 23.8 Å². The maximum Gasteiger partial charge on any atom is 0.301 e. The molecule has 1 aliphatic heterocycles. The van der Waals surface area contributed by atoms with Gasteiger partial charge in [-0.25, -0.2) is 4.98 Å². The fourth-order valence-corrected chi connectivity index (χ4v) is 5.46. The van der Waals surface area contributed by atoms with Gasteiger partial charge in [-0.05, 0) is 60.4 Å². The molecule has 7 nitrogen and oxygen atoms in total. The second-order valence-corrected chi connectivity index (χ2v) is 10.6. The fraction of sp³-hybridized carbons (Fsp3) is 0.214. The van der Waals surface area contributed by atoms with Crippen LogP contribution in [0.1, 0.15) is 37.4 Å². The van der Waals surface area contributed by atoms with E-state index < -0.39 is 17.7 Å². The van der Waals surface area contributed by atoms with Crippen molar-refractivity contribution in [2.45, 2.75) is 26.3 Å². The largest absolute Gasteiger partial charge is 0.507 e. The standard InChI is InChI=1S/C28H24ClN3O4S/c1-16(2)10-13-36-20-5-3-4-18(14-20)24-23(25(33)17-8-11-30-12-9-17)26(34)27(35)32(24)28-31-21-7-6-19(29)15-22(21)37-28/h3-9,11-12,14-16,24,33H,10,13H2,1-2H3. The van der Waals surface area contributed by atoms with Crippen LogP contribution in [-0.4, -0.2) is 33.4 Å². The number of hydrogen-bond donors (Lipinski definition) is 1. The summed E-state index contributed by atoms with van der Waals surface area (Å²) in [5.41, 5.74) is 1.64. The molecule has 1 N–H and O–H groups in total. The van der Waals surface area contributed by atoms with Gasteiger partial charge < -0.3 is 9.84 Å². The fourth-order valence-electron chi connectivity index (χ4n) is 4.19. The second kappa shape index (κ2) is 10.3. The van der Waals surface area contributed by atoms with Crippen molar-refractivity contribution in [3.8, 4) is 5.75 Å². The Kier molecular flexibility index (Phi) is 6.95. The number of amides is 1. The number of Topliss-reactive ketones (excluding diaryl/α,β-unsaturated/α-hetero) is 1. The highest BCUT2D eigenvalue weighted by Crippen LogP contribution is 2.45. The summed E-state index contributed by atoms with van der Waals surface area (Å²) in [6.07, 6.45) is 3.92. The number of ketones is 1. The number of thiazole rings is 1. The molecule has 37 heavy (non-hydrogen) atoms. The molecule has 0 saturated carbocycles. The number of rotatable bonds is 7. The molecule has 4 aromatic rings. The first kappa shape index (κ1) is 24.9. The molecule has 1 amide bonds. The summed E-state index contributed by atoms with van der Waals surface area (Å²) in [5.74, 6) is -0.727. The van der Waals surface area contributed by atoms with Crippen LogP contribution < -0.4 is 9.64 Å². The molecular weight excluding hydrogens is 510 g/mol. The van der Waals surface area contributed by atoms with Crippen molar-refractivity contribution in [2.75, 3.05) is 11.5 Å². The molecule has 1 aliphatic rings. The van der Waals surface area contributed by atoms with E-state index in [-0.39, 0.29) is 11.3 Å². The zero-order valence-corrected chi connectivity index (χ0v) is 21.8. The smallest absolute Gasteiger partial charge is 0.301 e. The third-order valence-corrected chi connectivity index (χ3v) is 7.33. The van der Waals surface area contributed by atoms with Crippen LogP contribution >= 0.6 is 22.9 Å². The molecule has 3 heterocycles. The Balaban J connectivity index is 1.65. The number of nitrogens with zero attached hydrogens (tertiary/aromatic N) is 3. The highest BCUT2D eigenvalue weighted by molar-refractivity contribution is 7.22. The predicted molar refractivity (Wildman–Crippen MR) is 145 cm³/mol. The minimum absolute atomic E-state index is 0.0205. The number of pyridine rings is 1. The molecule has 188 valence electrons. The number of anilines is 1. The molecule has 2 aromatic carbocycles. The molecule has 2 aromatic heterocycles. The van der Waals surface area contributed by atoms with Crippen molar-refractivity contribution in [1.82, 2.24) is 9.97 Å². The molecule has 0 bridgehead atoms. The SMILES string of the molecule is CC(C)CCOc1cccc(C2C(=C(O)c3ccncc3)C(=O)C(=O)N2c2nc3ccc(Cl)cc3s2)c1. The number of carbonyl (C=O) groups excluding carboxylic acids is 2. The highest BCUT2D eigenvalue weighted by Gasteiger charge is 2.48. The van der Waals surface area contributed by atoms with Crippen molar-refractivity contribution in [2.24, 2.45) is 5.92 Å². The monoisotopic (exact) mass is 533 g/mol. The minimum atomic E-state index is -0.905. The van der Waals surface area contributed by atoms with Crippen LogP contribution in [0.25, 0.3) is 16.0 Å². The van der Waals surface area contributed by atoms with Gasteiger partial charge >= 0.3 is 5.91 Å². The van der Waals surface area contributed by atoms with Gasteiger partial charge in [0, 0.05) is 23.0 Å². The van der Waals surface area contributed by atoms with Gasteiger partial charge in [-0.15, -0.1) is 0 Å². The topological polar surface area (TPSA) is 92.6 Å². The summed E-state index contributed by atoms with van der Waals surface area (Å²) in [6.45, 7) is 4.78. The summed E-state index contributed by atoms with van der Waals surface area (Å²) in [7, 11) is 0. The van der Waals surface area contributed by atoms with Gasteiger partial charge in [0.1, 0.15) is 11.5 Å². The van der Waals surface area contributed by atoms with Crippen molar-refractivity contribution in [1.29, 1.82) is 0 Å². The van der Waals surface area contributed by atoms with Crippen LogP contribution in [0.2, 0.25) is 5.02 Å². The van der Waals surface area contributed by atoms with Gasteiger partial charge in [-0.3, -0.25) is 19.5 Å². The first-order chi connectivity index (χ1) is 17.8. The number of ether oxygens (including phenoxy) is 1. The Morgan fingerprint density at radius 2 is 1.92 bits per heavy atom. The van der Waals surface area contributed by atoms with E-state index in [4.69, 9.17) is 16.3 Å². The Bertz CT molecular complexity index is 1520. The number of carbonyl (C=O) groups is 2. The molecule has 0 aliphatic carbocycles. The number of aliphatic hydroxyl groups is 1. The van der Waals surface area contributed by atoms with E-state index in [0.29, 0.717) is 45.1 Å². The number of hydrogen-bond acceptors (Lipinski definition) is 7. The summed E-state index contributed by atoms with van der Waals surface area (Å²) in [4.78, 5) is 36.8. The quantitative estimate of drug-likeness (QED) is 0.168. The normalized spacial score (nSPS) is 17.2. The number of fused-ring (bicyclic) bond motifs is 1. The van der Waals surface area contributed by atoms with Gasteiger partial charge in [0.05, 0.1) is 28.4 Å². The van der Waals surface area contributed by atoms with E-state index in [0.717, 1.165) is 11.1 Å². The van der Waals surface area contributed by atoms with E-state index in [1.165, 1.54) is 28.6 Å². The summed E-state index contributed by atoms with van der Waals surface area (Å²) >= 11 is 7.42. The summed E-state index contributed by atoms with van der Waals surface area (Å²) in [6, 6.07) is 14.8. The number of aliphatic hydroxyl groups excluding tert-OH is 1. The van der Waals surface area contributed by atoms with Gasteiger partial charge in [0.15, 0.2) is 5.13 Å². The van der Waals surface area contributed by atoms with Crippen molar-refractivity contribution >= 4 is 55.7 Å². The molecule has 1 unspecified atom stereocenters. The predicted octanol–water partition coefficient (Wildman–Crippen LogP) is 6.40. The Hall–Kier alpha value is -3.75. The van der Waals surface area contributed by atoms with E-state index in [1.807, 2.05) is 18.2 Å². The van der Waals surface area contributed by atoms with Crippen LogP contribution in [0.15, 0.2) is 72.6 Å². The minimum Gasteiger partial charge on any atom is -0.507 e. The molecule has 5 rings (SSSR count). The van der Waals surface area contributed by atoms with E-state index in [9.17, 15) is 14.7 Å². The van der Waals surface area contributed by atoms with Crippen LogP contribution in [0.4, 0.5) is 5.13 Å². The van der Waals surface area contributed by atoms with Gasteiger partial charge in [0.25, 0.3) is 5.78 Å². The van der Waals surface area contributed by atoms with Crippen LogP contribution in [0.3, 0.4) is 0 Å². The Morgan fingerprint density at radius 3 is 2.68 bits per heavy atom. The molecule has 1 atom stereocenters. The third-order valence-electron chi connectivity index (χ3n) is 6.08. The molecule has 0 spiro atoms. The molecular formula is C28H24ClN3O4S. The molecule has 9 heteroatoms. The van der Waals surface area contributed by atoms with Gasteiger partial charge in [-0.1, -0.05) is 48.9 Å². The van der Waals surface area contributed by atoms with E-state index >= 15 is 0 Å². The zero-order chi connectivity index (χ0) is 26.1. The maximum absolute atomic E-state index is 13.4. The number of aromatic nitrogens is 2. The summed E-state index contributed by atoms with van der Waals surface area (Å²) in [5, 5.41) is 12.1. The zero-order valence-electron chi connectivity index (χ0n) is 20.2. The average Bonchev–Trinajstić information content (AvgIpc) is 3.41.